The quantitative estimate of drug-likeness (QED) is 0.696. The average Bonchev–Trinajstić information content (AvgIpc) is 2.37. The molecule has 0 atom stereocenters. The number of rotatable bonds is 7. The monoisotopic (exact) mass is 241 g/mol. The summed E-state index contributed by atoms with van der Waals surface area (Å²) in [6.45, 7) is 2.73. The van der Waals surface area contributed by atoms with Gasteiger partial charge in [-0.05, 0) is 0 Å². The molecular formula is C10H19N5O2. The molecule has 0 aliphatic heterocycles. The summed E-state index contributed by atoms with van der Waals surface area (Å²) >= 11 is 0. The Morgan fingerprint density at radius 2 is 1.76 bits per heavy atom. The third-order valence-corrected chi connectivity index (χ3v) is 2.06. The third-order valence-electron chi connectivity index (χ3n) is 2.06. The van der Waals surface area contributed by atoms with Crippen LogP contribution in [-0.2, 0) is 15.9 Å². The van der Waals surface area contributed by atoms with Crippen LogP contribution in [0.3, 0.4) is 0 Å². The second kappa shape index (κ2) is 6.97. The fourth-order valence-corrected chi connectivity index (χ4v) is 1.28. The highest BCUT2D eigenvalue weighted by Crippen LogP contribution is 2.10. The van der Waals surface area contributed by atoms with Crippen LogP contribution in [0.2, 0.25) is 0 Å². The van der Waals surface area contributed by atoms with Crippen molar-refractivity contribution in [2.45, 2.75) is 13.3 Å². The number of aromatic nitrogens is 3. The van der Waals surface area contributed by atoms with E-state index < -0.39 is 0 Å². The molecule has 1 N–H and O–H groups in total. The van der Waals surface area contributed by atoms with Gasteiger partial charge < -0.3 is 14.8 Å². The fourth-order valence-electron chi connectivity index (χ4n) is 1.28. The summed E-state index contributed by atoms with van der Waals surface area (Å²) in [5.41, 5.74) is 0. The molecule has 0 radical (unpaired) electrons. The van der Waals surface area contributed by atoms with Crippen LogP contribution in [-0.4, -0.2) is 49.7 Å². The van der Waals surface area contributed by atoms with Crippen molar-refractivity contribution in [2.75, 3.05) is 44.9 Å². The lowest BCUT2D eigenvalue weighted by Crippen LogP contribution is -2.30. The van der Waals surface area contributed by atoms with Crippen LogP contribution in [0.4, 0.5) is 11.9 Å². The van der Waals surface area contributed by atoms with Gasteiger partial charge in [0.2, 0.25) is 11.9 Å². The van der Waals surface area contributed by atoms with E-state index in [-0.39, 0.29) is 0 Å². The maximum atomic E-state index is 5.08. The van der Waals surface area contributed by atoms with Crippen molar-refractivity contribution in [1.29, 1.82) is 0 Å². The van der Waals surface area contributed by atoms with Gasteiger partial charge in [-0.1, -0.05) is 6.92 Å². The molecule has 0 aromatic carbocycles. The summed E-state index contributed by atoms with van der Waals surface area (Å²) in [5, 5.41) is 2.91. The highest BCUT2D eigenvalue weighted by molar-refractivity contribution is 5.35. The number of nitrogens with one attached hydrogen (secondary N) is 1. The highest BCUT2D eigenvalue weighted by atomic mass is 16.5. The predicted molar refractivity (Wildman–Crippen MR) is 65.0 cm³/mol. The number of ether oxygens (including phenoxy) is 2. The molecule has 1 heterocycles. The van der Waals surface area contributed by atoms with Crippen LogP contribution in [0.5, 0.6) is 0 Å². The minimum Gasteiger partial charge on any atom is -0.364 e. The lowest BCUT2D eigenvalue weighted by molar-refractivity contribution is 0.138. The van der Waals surface area contributed by atoms with Gasteiger partial charge in [0.25, 0.3) is 0 Å². The third kappa shape index (κ3) is 3.79. The molecule has 1 aromatic heterocycles. The lowest BCUT2D eigenvalue weighted by Gasteiger charge is -2.20. The van der Waals surface area contributed by atoms with E-state index in [1.54, 1.807) is 26.2 Å². The number of anilines is 2. The van der Waals surface area contributed by atoms with Crippen molar-refractivity contribution in [1.82, 2.24) is 15.0 Å². The molecule has 0 unspecified atom stereocenters. The largest absolute Gasteiger partial charge is 0.364 e. The molecule has 1 aromatic rings. The van der Waals surface area contributed by atoms with Crippen LogP contribution >= 0.6 is 0 Å². The molecule has 0 amide bonds. The number of hydrogen-bond acceptors (Lipinski definition) is 7. The molecule has 0 spiro atoms. The number of hydrogen-bond donors (Lipinski definition) is 1. The maximum Gasteiger partial charge on any atom is 0.234 e. The van der Waals surface area contributed by atoms with Crippen LogP contribution < -0.4 is 10.2 Å². The normalized spacial score (nSPS) is 10.4. The number of nitrogens with zero attached hydrogens (tertiary/aromatic N) is 4. The maximum absolute atomic E-state index is 5.08. The van der Waals surface area contributed by atoms with E-state index in [0.29, 0.717) is 25.4 Å². The second-order valence-electron chi connectivity index (χ2n) is 3.35. The van der Waals surface area contributed by atoms with Crippen molar-refractivity contribution in [3.05, 3.63) is 5.82 Å². The van der Waals surface area contributed by atoms with E-state index >= 15 is 0 Å². The fraction of sp³-hybridized carbons (Fsp3) is 0.700. The SMILES string of the molecule is CCc1nc(NC)nc(N(COC)COC)n1. The zero-order chi connectivity index (χ0) is 12.7. The van der Waals surface area contributed by atoms with E-state index in [1.807, 2.05) is 6.92 Å². The van der Waals surface area contributed by atoms with Gasteiger partial charge in [-0.3, -0.25) is 4.90 Å². The summed E-state index contributed by atoms with van der Waals surface area (Å²) in [4.78, 5) is 14.6. The van der Waals surface area contributed by atoms with Crippen LogP contribution in [0.1, 0.15) is 12.7 Å². The topological polar surface area (TPSA) is 72.4 Å². The summed E-state index contributed by atoms with van der Waals surface area (Å²) in [6, 6.07) is 0. The van der Waals surface area contributed by atoms with Gasteiger partial charge in [0.05, 0.1) is 0 Å². The molecule has 0 fully saturated rings. The Kier molecular flexibility index (Phi) is 5.58. The van der Waals surface area contributed by atoms with Gasteiger partial charge in [-0.15, -0.1) is 0 Å². The first-order valence-corrected chi connectivity index (χ1v) is 5.40. The summed E-state index contributed by atoms with van der Waals surface area (Å²) in [6.07, 6.45) is 0.748. The van der Waals surface area contributed by atoms with Crippen molar-refractivity contribution >= 4 is 11.9 Å². The van der Waals surface area contributed by atoms with Crippen LogP contribution in [0.25, 0.3) is 0 Å². The molecule has 1 rings (SSSR count). The molecule has 0 bridgehead atoms. The Bertz CT molecular complexity index is 319. The van der Waals surface area contributed by atoms with Gasteiger partial charge in [0, 0.05) is 27.7 Å². The molecule has 0 saturated heterocycles. The molecule has 17 heavy (non-hydrogen) atoms. The van der Waals surface area contributed by atoms with Gasteiger partial charge in [-0.25, -0.2) is 0 Å². The van der Waals surface area contributed by atoms with Crippen molar-refractivity contribution in [3.63, 3.8) is 0 Å². The number of methoxy groups -OCH3 is 2. The van der Waals surface area contributed by atoms with Gasteiger partial charge in [0.1, 0.15) is 19.3 Å². The average molecular weight is 241 g/mol. The molecule has 7 heteroatoms. The summed E-state index contributed by atoms with van der Waals surface area (Å²) < 4.78 is 10.2. The summed E-state index contributed by atoms with van der Waals surface area (Å²) in [5.74, 6) is 1.82. The predicted octanol–water partition coefficient (Wildman–Crippen LogP) is 0.490. The van der Waals surface area contributed by atoms with Gasteiger partial charge in [-0.2, -0.15) is 15.0 Å². The Hall–Kier alpha value is -1.47. The van der Waals surface area contributed by atoms with Crippen molar-refractivity contribution in [3.8, 4) is 0 Å². The van der Waals surface area contributed by atoms with E-state index in [1.165, 1.54) is 0 Å². The summed E-state index contributed by atoms with van der Waals surface area (Å²) in [7, 11) is 5.00. The lowest BCUT2D eigenvalue weighted by atomic mass is 10.4. The Morgan fingerprint density at radius 3 is 2.24 bits per heavy atom. The van der Waals surface area contributed by atoms with Crippen LogP contribution in [0.15, 0.2) is 0 Å². The number of aryl methyl sites for hydroxylation is 1. The van der Waals surface area contributed by atoms with Crippen molar-refractivity contribution in [2.24, 2.45) is 0 Å². The van der Waals surface area contributed by atoms with Gasteiger partial charge >= 0.3 is 0 Å². The Balaban J connectivity index is 2.99. The molecule has 7 nitrogen and oxygen atoms in total. The minimum absolute atomic E-state index is 0.365. The van der Waals surface area contributed by atoms with Gasteiger partial charge in [0.15, 0.2) is 0 Å². The molecule has 96 valence electrons. The first-order chi connectivity index (χ1) is 8.24. The zero-order valence-corrected chi connectivity index (χ0v) is 10.7. The Labute approximate surface area is 101 Å². The van der Waals surface area contributed by atoms with Crippen molar-refractivity contribution < 1.29 is 9.47 Å². The molecular weight excluding hydrogens is 222 g/mol. The van der Waals surface area contributed by atoms with E-state index in [2.05, 4.69) is 20.3 Å². The smallest absolute Gasteiger partial charge is 0.234 e. The highest BCUT2D eigenvalue weighted by Gasteiger charge is 2.12. The standard InChI is InChI=1S/C10H19N5O2/c1-5-8-12-9(11-2)14-10(13-8)15(6-16-3)7-17-4/h5-7H2,1-4H3,(H,11,12,13,14). The van der Waals surface area contributed by atoms with E-state index in [0.717, 1.165) is 12.2 Å². The van der Waals surface area contributed by atoms with E-state index in [9.17, 15) is 0 Å². The van der Waals surface area contributed by atoms with E-state index in [4.69, 9.17) is 9.47 Å². The molecule has 0 aliphatic rings. The molecule has 0 aliphatic carbocycles. The molecule has 0 saturated carbocycles. The zero-order valence-electron chi connectivity index (χ0n) is 10.7. The first kappa shape index (κ1) is 13.6. The minimum atomic E-state index is 0.365. The Morgan fingerprint density at radius 1 is 1.12 bits per heavy atom. The second-order valence-corrected chi connectivity index (χ2v) is 3.35. The van der Waals surface area contributed by atoms with Crippen LogP contribution in [0, 0.1) is 0 Å². The first-order valence-electron chi connectivity index (χ1n) is 5.40.